The Morgan fingerprint density at radius 2 is 2.08 bits per heavy atom. The molecule has 3 nitrogen and oxygen atoms in total. The number of rotatable bonds is 1. The Morgan fingerprint density at radius 1 is 1.31 bits per heavy atom. The molecule has 13 heavy (non-hydrogen) atoms. The van der Waals surface area contributed by atoms with E-state index in [4.69, 9.17) is 14.2 Å². The molecule has 2 aliphatic heterocycles. The third-order valence-corrected chi connectivity index (χ3v) is 2.72. The Morgan fingerprint density at radius 3 is 2.77 bits per heavy atom. The summed E-state index contributed by atoms with van der Waals surface area (Å²) in [6.07, 6.45) is 2.58. The van der Waals surface area contributed by atoms with E-state index >= 15 is 0 Å². The van der Waals surface area contributed by atoms with Crippen LogP contribution in [0.1, 0.15) is 33.6 Å². The molecule has 3 heteroatoms. The molecule has 0 aromatic heterocycles. The summed E-state index contributed by atoms with van der Waals surface area (Å²) < 4.78 is 17.2. The van der Waals surface area contributed by atoms with Crippen molar-refractivity contribution >= 4 is 0 Å². The van der Waals surface area contributed by atoms with Gasteiger partial charge in [0.2, 0.25) is 0 Å². The van der Waals surface area contributed by atoms with Gasteiger partial charge in [-0.05, 0) is 26.7 Å². The average Bonchev–Trinajstić information content (AvgIpc) is 2.37. The molecule has 0 unspecified atom stereocenters. The van der Waals surface area contributed by atoms with Crippen molar-refractivity contribution in [1.29, 1.82) is 0 Å². The highest BCUT2D eigenvalue weighted by Gasteiger charge is 2.46. The van der Waals surface area contributed by atoms with Gasteiger partial charge in [-0.15, -0.1) is 0 Å². The van der Waals surface area contributed by atoms with Crippen molar-refractivity contribution in [1.82, 2.24) is 0 Å². The largest absolute Gasteiger partial charge is 0.375 e. The van der Waals surface area contributed by atoms with Gasteiger partial charge in [0, 0.05) is 6.61 Å². The van der Waals surface area contributed by atoms with Crippen LogP contribution in [0.5, 0.6) is 0 Å². The Kier molecular flexibility index (Phi) is 2.34. The molecule has 0 N–H and O–H groups in total. The van der Waals surface area contributed by atoms with Crippen LogP contribution >= 0.6 is 0 Å². The molecule has 2 fully saturated rings. The maximum atomic E-state index is 5.81. The van der Waals surface area contributed by atoms with Gasteiger partial charge in [-0.3, -0.25) is 0 Å². The van der Waals surface area contributed by atoms with Gasteiger partial charge in [0.15, 0.2) is 5.79 Å². The van der Waals surface area contributed by atoms with Crippen LogP contribution in [0.2, 0.25) is 0 Å². The van der Waals surface area contributed by atoms with Gasteiger partial charge in [0.1, 0.15) is 6.10 Å². The number of hydrogen-bond acceptors (Lipinski definition) is 3. The van der Waals surface area contributed by atoms with Gasteiger partial charge >= 0.3 is 0 Å². The number of hydrogen-bond donors (Lipinski definition) is 0. The van der Waals surface area contributed by atoms with Crippen molar-refractivity contribution in [3.63, 3.8) is 0 Å². The maximum absolute atomic E-state index is 5.81. The highest BCUT2D eigenvalue weighted by molar-refractivity contribution is 4.89. The fraction of sp³-hybridized carbons (Fsp3) is 1.00. The Bertz CT molecular complexity index is 191. The minimum Gasteiger partial charge on any atom is -0.375 e. The summed E-state index contributed by atoms with van der Waals surface area (Å²) in [7, 11) is 0. The van der Waals surface area contributed by atoms with Gasteiger partial charge in [-0.2, -0.15) is 0 Å². The molecule has 0 aromatic carbocycles. The van der Waals surface area contributed by atoms with Crippen molar-refractivity contribution in [2.24, 2.45) is 0 Å². The highest BCUT2D eigenvalue weighted by Crippen LogP contribution is 2.35. The zero-order valence-corrected chi connectivity index (χ0v) is 8.58. The molecule has 0 saturated carbocycles. The zero-order valence-electron chi connectivity index (χ0n) is 8.58. The van der Waals surface area contributed by atoms with Crippen LogP contribution in [0.4, 0.5) is 0 Å². The monoisotopic (exact) mass is 186 g/mol. The van der Waals surface area contributed by atoms with Gasteiger partial charge in [0.25, 0.3) is 0 Å². The molecule has 2 rings (SSSR count). The SMILES string of the molecule is CC[C@H]1OCC[C@H]2OC(C)(C)O[C@@H]12. The summed E-state index contributed by atoms with van der Waals surface area (Å²) >= 11 is 0. The van der Waals surface area contributed by atoms with Crippen LogP contribution in [-0.2, 0) is 14.2 Å². The minimum absolute atomic E-state index is 0.147. The predicted molar refractivity (Wildman–Crippen MR) is 48.5 cm³/mol. The molecule has 0 radical (unpaired) electrons. The second-order valence-electron chi connectivity index (χ2n) is 4.24. The van der Waals surface area contributed by atoms with E-state index in [2.05, 4.69) is 6.92 Å². The highest BCUT2D eigenvalue weighted by atomic mass is 16.8. The standard InChI is InChI=1S/C10H18O3/c1-4-7-9-8(5-6-11-7)12-10(2,3)13-9/h7-9H,4-6H2,1-3H3/t7-,8-,9+/m1/s1. The van der Waals surface area contributed by atoms with Crippen LogP contribution in [0.3, 0.4) is 0 Å². The molecular weight excluding hydrogens is 168 g/mol. The van der Waals surface area contributed by atoms with Crippen LogP contribution in [0, 0.1) is 0 Å². The molecule has 0 spiro atoms. The average molecular weight is 186 g/mol. The normalized spacial score (nSPS) is 43.2. The van der Waals surface area contributed by atoms with E-state index in [9.17, 15) is 0 Å². The van der Waals surface area contributed by atoms with E-state index in [0.717, 1.165) is 19.4 Å². The van der Waals surface area contributed by atoms with Crippen LogP contribution in [0.25, 0.3) is 0 Å². The van der Waals surface area contributed by atoms with E-state index < -0.39 is 5.79 Å². The summed E-state index contributed by atoms with van der Waals surface area (Å²) in [5.41, 5.74) is 0. The van der Waals surface area contributed by atoms with Crippen LogP contribution in [0.15, 0.2) is 0 Å². The fourth-order valence-electron chi connectivity index (χ4n) is 2.18. The molecule has 0 aromatic rings. The van der Waals surface area contributed by atoms with Gasteiger partial charge < -0.3 is 14.2 Å². The molecular formula is C10H18O3. The second kappa shape index (κ2) is 3.23. The van der Waals surface area contributed by atoms with Gasteiger partial charge in [-0.1, -0.05) is 6.92 Å². The van der Waals surface area contributed by atoms with E-state index in [-0.39, 0.29) is 18.3 Å². The lowest BCUT2D eigenvalue weighted by Crippen LogP contribution is -2.42. The molecule has 3 atom stereocenters. The molecule has 76 valence electrons. The van der Waals surface area contributed by atoms with Gasteiger partial charge in [-0.25, -0.2) is 0 Å². The smallest absolute Gasteiger partial charge is 0.163 e. The quantitative estimate of drug-likeness (QED) is 0.624. The molecule has 2 aliphatic rings. The first-order chi connectivity index (χ1) is 6.12. The maximum Gasteiger partial charge on any atom is 0.163 e. The summed E-state index contributed by atoms with van der Waals surface area (Å²) in [5.74, 6) is -0.420. The van der Waals surface area contributed by atoms with Crippen LogP contribution < -0.4 is 0 Å². The van der Waals surface area contributed by atoms with Crippen molar-refractivity contribution in [3.8, 4) is 0 Å². The van der Waals surface area contributed by atoms with E-state index in [1.54, 1.807) is 0 Å². The summed E-state index contributed by atoms with van der Waals surface area (Å²) in [6.45, 7) is 6.87. The molecule has 0 bridgehead atoms. The summed E-state index contributed by atoms with van der Waals surface area (Å²) in [6, 6.07) is 0. The summed E-state index contributed by atoms with van der Waals surface area (Å²) in [4.78, 5) is 0. The Hall–Kier alpha value is -0.120. The number of ether oxygens (including phenoxy) is 3. The Labute approximate surface area is 79.4 Å². The summed E-state index contributed by atoms with van der Waals surface area (Å²) in [5, 5.41) is 0. The first kappa shape index (κ1) is 9.44. The van der Waals surface area contributed by atoms with Crippen LogP contribution in [-0.4, -0.2) is 30.7 Å². The van der Waals surface area contributed by atoms with Crippen molar-refractivity contribution in [2.45, 2.75) is 57.7 Å². The van der Waals surface area contributed by atoms with Crippen molar-refractivity contribution in [2.75, 3.05) is 6.61 Å². The lowest BCUT2D eigenvalue weighted by Gasteiger charge is -2.30. The fourth-order valence-corrected chi connectivity index (χ4v) is 2.18. The third kappa shape index (κ3) is 1.73. The van der Waals surface area contributed by atoms with E-state index in [0.29, 0.717) is 0 Å². The zero-order chi connectivity index (χ0) is 9.47. The molecule has 0 amide bonds. The molecule has 2 heterocycles. The predicted octanol–water partition coefficient (Wildman–Crippen LogP) is 1.71. The second-order valence-corrected chi connectivity index (χ2v) is 4.24. The van der Waals surface area contributed by atoms with Crippen molar-refractivity contribution < 1.29 is 14.2 Å². The lowest BCUT2D eigenvalue weighted by atomic mass is 10.0. The van der Waals surface area contributed by atoms with Crippen molar-refractivity contribution in [3.05, 3.63) is 0 Å². The van der Waals surface area contributed by atoms with Gasteiger partial charge in [0.05, 0.1) is 12.2 Å². The molecule has 2 saturated heterocycles. The minimum atomic E-state index is -0.420. The number of fused-ring (bicyclic) bond motifs is 1. The molecule has 0 aliphatic carbocycles. The lowest BCUT2D eigenvalue weighted by molar-refractivity contribution is -0.153. The first-order valence-corrected chi connectivity index (χ1v) is 5.09. The Balaban J connectivity index is 2.08. The van der Waals surface area contributed by atoms with E-state index in [1.165, 1.54) is 0 Å². The topological polar surface area (TPSA) is 27.7 Å². The third-order valence-electron chi connectivity index (χ3n) is 2.72. The van der Waals surface area contributed by atoms with E-state index in [1.807, 2.05) is 13.8 Å². The first-order valence-electron chi connectivity index (χ1n) is 5.09.